The second-order valence-corrected chi connectivity index (χ2v) is 6.62. The maximum absolute atomic E-state index is 12.4. The number of carbonyl (C=O) groups excluding carboxylic acids is 1. The Morgan fingerprint density at radius 3 is 2.15 bits per heavy atom. The molecule has 0 bridgehead atoms. The lowest BCUT2D eigenvalue weighted by molar-refractivity contribution is -0.143. The fraction of sp³-hybridized carbons (Fsp3) is 0.300. The van der Waals surface area contributed by atoms with E-state index in [1.54, 1.807) is 0 Å². The molecular formula is C20H19NO5. The third-order valence-electron chi connectivity index (χ3n) is 5.19. The Hall–Kier alpha value is -2.86. The van der Waals surface area contributed by atoms with Crippen LogP contribution in [0.4, 0.5) is 4.79 Å². The van der Waals surface area contributed by atoms with E-state index >= 15 is 0 Å². The summed E-state index contributed by atoms with van der Waals surface area (Å²) in [5.74, 6) is -1.23. The predicted octanol–water partition coefficient (Wildman–Crippen LogP) is 2.80. The largest absolute Gasteiger partial charge is 0.480 e. The van der Waals surface area contributed by atoms with Crippen LogP contribution in [0.3, 0.4) is 0 Å². The molecule has 2 N–H and O–H groups in total. The number of hydrogen-bond acceptors (Lipinski definition) is 4. The van der Waals surface area contributed by atoms with Crippen molar-refractivity contribution in [2.75, 3.05) is 6.61 Å². The maximum Gasteiger partial charge on any atom is 0.412 e. The van der Waals surface area contributed by atoms with Crippen LogP contribution < -0.4 is 0 Å². The molecule has 134 valence electrons. The zero-order valence-corrected chi connectivity index (χ0v) is 14.0. The number of fused-ring (bicyclic) bond motifs is 3. The van der Waals surface area contributed by atoms with Gasteiger partial charge in [-0.2, -0.15) is 0 Å². The van der Waals surface area contributed by atoms with Crippen molar-refractivity contribution in [3.63, 3.8) is 0 Å². The van der Waals surface area contributed by atoms with Gasteiger partial charge < -0.3 is 14.9 Å². The topological polar surface area (TPSA) is 87.1 Å². The lowest BCUT2D eigenvalue weighted by atomic mass is 9.98. The number of hydrogen-bond donors (Lipinski definition) is 2. The van der Waals surface area contributed by atoms with Gasteiger partial charge in [0, 0.05) is 5.92 Å². The van der Waals surface area contributed by atoms with Crippen molar-refractivity contribution in [2.45, 2.75) is 31.0 Å². The van der Waals surface area contributed by atoms with Crippen LogP contribution in [0.25, 0.3) is 11.1 Å². The van der Waals surface area contributed by atoms with Crippen molar-refractivity contribution in [1.82, 2.24) is 4.90 Å². The van der Waals surface area contributed by atoms with Crippen molar-refractivity contribution in [2.24, 2.45) is 0 Å². The average Bonchev–Trinajstić information content (AvgIpc) is 3.18. The Labute approximate surface area is 150 Å². The first-order chi connectivity index (χ1) is 12.6. The first-order valence-electron chi connectivity index (χ1n) is 8.62. The van der Waals surface area contributed by atoms with Gasteiger partial charge in [-0.05, 0) is 35.1 Å². The van der Waals surface area contributed by atoms with Gasteiger partial charge in [-0.25, -0.2) is 9.59 Å². The van der Waals surface area contributed by atoms with E-state index in [-0.39, 0.29) is 25.4 Å². The molecule has 1 amide bonds. The van der Waals surface area contributed by atoms with E-state index in [1.165, 1.54) is 0 Å². The second-order valence-electron chi connectivity index (χ2n) is 6.62. The number of carbonyl (C=O) groups is 2. The molecule has 6 heteroatoms. The molecule has 2 aromatic carbocycles. The number of amides is 1. The number of likely N-dealkylation sites (tertiary alicyclic amines) is 1. The molecule has 1 heterocycles. The van der Waals surface area contributed by atoms with E-state index < -0.39 is 24.3 Å². The minimum Gasteiger partial charge on any atom is -0.480 e. The summed E-state index contributed by atoms with van der Waals surface area (Å²) in [6, 6.07) is 14.9. The highest BCUT2D eigenvalue weighted by Gasteiger charge is 2.41. The molecule has 0 aromatic heterocycles. The van der Waals surface area contributed by atoms with Gasteiger partial charge in [-0.15, -0.1) is 0 Å². The summed E-state index contributed by atoms with van der Waals surface area (Å²) in [6.07, 6.45) is -1.45. The van der Waals surface area contributed by atoms with Crippen LogP contribution in [0.5, 0.6) is 0 Å². The molecule has 2 aromatic rings. The van der Waals surface area contributed by atoms with Crippen LogP contribution in [0.1, 0.15) is 29.9 Å². The average molecular weight is 353 g/mol. The van der Waals surface area contributed by atoms with Gasteiger partial charge in [0.15, 0.2) is 0 Å². The molecule has 2 aliphatic rings. The van der Waals surface area contributed by atoms with Crippen LogP contribution in [0.2, 0.25) is 0 Å². The van der Waals surface area contributed by atoms with Gasteiger partial charge in [-0.3, -0.25) is 4.90 Å². The monoisotopic (exact) mass is 353 g/mol. The van der Waals surface area contributed by atoms with Gasteiger partial charge in [0.25, 0.3) is 0 Å². The molecule has 2 atom stereocenters. The van der Waals surface area contributed by atoms with Crippen molar-refractivity contribution >= 4 is 12.1 Å². The highest BCUT2D eigenvalue weighted by molar-refractivity contribution is 5.81. The van der Waals surface area contributed by atoms with Crippen LogP contribution >= 0.6 is 0 Å². The zero-order chi connectivity index (χ0) is 18.3. The fourth-order valence-corrected chi connectivity index (χ4v) is 3.95. The SMILES string of the molecule is O=C(O)C1CCC(O)N1C(=O)OCC1c2ccccc2-c2ccccc21. The Bertz CT molecular complexity index is 819. The molecule has 2 unspecified atom stereocenters. The van der Waals surface area contributed by atoms with Crippen molar-refractivity contribution < 1.29 is 24.5 Å². The number of aliphatic carboxylic acids is 1. The third-order valence-corrected chi connectivity index (χ3v) is 5.19. The fourth-order valence-electron chi connectivity index (χ4n) is 3.95. The van der Waals surface area contributed by atoms with Crippen LogP contribution in [0.15, 0.2) is 48.5 Å². The van der Waals surface area contributed by atoms with Crippen molar-refractivity contribution in [1.29, 1.82) is 0 Å². The number of carboxylic acids is 1. The number of aliphatic hydroxyl groups is 1. The molecule has 0 saturated carbocycles. The molecule has 0 radical (unpaired) electrons. The lowest BCUT2D eigenvalue weighted by Gasteiger charge is -2.25. The van der Waals surface area contributed by atoms with E-state index in [1.807, 2.05) is 48.5 Å². The number of nitrogens with zero attached hydrogens (tertiary/aromatic N) is 1. The highest BCUT2D eigenvalue weighted by Crippen LogP contribution is 2.44. The first-order valence-corrected chi connectivity index (χ1v) is 8.62. The predicted molar refractivity (Wildman–Crippen MR) is 93.6 cm³/mol. The van der Waals surface area contributed by atoms with E-state index in [9.17, 15) is 19.8 Å². The number of carboxylic acid groups (broad SMARTS) is 1. The number of ether oxygens (including phenoxy) is 1. The minimum absolute atomic E-state index is 0.0996. The number of rotatable bonds is 3. The number of aliphatic hydroxyl groups excluding tert-OH is 1. The summed E-state index contributed by atoms with van der Waals surface area (Å²) in [7, 11) is 0. The molecule has 1 aliphatic heterocycles. The van der Waals surface area contributed by atoms with Gasteiger partial charge in [0.1, 0.15) is 18.9 Å². The quantitative estimate of drug-likeness (QED) is 0.886. The first kappa shape index (κ1) is 16.6. The van der Waals surface area contributed by atoms with Crippen LogP contribution in [0, 0.1) is 0 Å². The molecule has 4 rings (SSSR count). The van der Waals surface area contributed by atoms with E-state index in [0.717, 1.165) is 27.2 Å². The van der Waals surface area contributed by atoms with E-state index in [2.05, 4.69) is 0 Å². The standard InChI is InChI=1S/C20H19NO5/c22-18-10-9-17(19(23)24)21(18)20(25)26-11-16-14-7-3-1-5-12(14)13-6-2-4-8-15(13)16/h1-8,16-18,22H,9-11H2,(H,23,24). The Balaban J connectivity index is 1.55. The molecule has 26 heavy (non-hydrogen) atoms. The molecular weight excluding hydrogens is 334 g/mol. The smallest absolute Gasteiger partial charge is 0.412 e. The summed E-state index contributed by atoms with van der Waals surface area (Å²) in [5, 5.41) is 19.2. The van der Waals surface area contributed by atoms with Crippen molar-refractivity contribution in [3.8, 4) is 11.1 Å². The Morgan fingerprint density at radius 1 is 1.00 bits per heavy atom. The molecule has 1 aliphatic carbocycles. The Morgan fingerprint density at radius 2 is 1.58 bits per heavy atom. The van der Waals surface area contributed by atoms with E-state index in [0.29, 0.717) is 0 Å². The summed E-state index contributed by atoms with van der Waals surface area (Å²) in [4.78, 5) is 24.6. The van der Waals surface area contributed by atoms with Gasteiger partial charge in [0.2, 0.25) is 0 Å². The van der Waals surface area contributed by atoms with Crippen LogP contribution in [-0.2, 0) is 9.53 Å². The second kappa shape index (κ2) is 6.46. The summed E-state index contributed by atoms with van der Waals surface area (Å²) >= 11 is 0. The zero-order valence-electron chi connectivity index (χ0n) is 14.0. The minimum atomic E-state index is -1.13. The summed E-state index contributed by atoms with van der Waals surface area (Å²) in [5.41, 5.74) is 4.40. The van der Waals surface area contributed by atoms with E-state index in [4.69, 9.17) is 4.74 Å². The summed E-state index contributed by atoms with van der Waals surface area (Å²) in [6.45, 7) is 0.0996. The summed E-state index contributed by atoms with van der Waals surface area (Å²) < 4.78 is 5.44. The highest BCUT2D eigenvalue weighted by atomic mass is 16.6. The van der Waals surface area contributed by atoms with Crippen molar-refractivity contribution in [3.05, 3.63) is 59.7 Å². The normalized spacial score (nSPS) is 21.3. The molecule has 0 spiro atoms. The molecule has 1 saturated heterocycles. The maximum atomic E-state index is 12.4. The van der Waals surface area contributed by atoms with Gasteiger partial charge >= 0.3 is 12.1 Å². The Kier molecular flexibility index (Phi) is 4.12. The van der Waals surface area contributed by atoms with Gasteiger partial charge in [0.05, 0.1) is 0 Å². The lowest BCUT2D eigenvalue weighted by Crippen LogP contribution is -2.45. The van der Waals surface area contributed by atoms with Crippen LogP contribution in [-0.4, -0.2) is 46.1 Å². The third kappa shape index (κ3) is 2.63. The molecule has 1 fully saturated rings. The number of benzene rings is 2. The molecule has 6 nitrogen and oxygen atoms in total. The van der Waals surface area contributed by atoms with Gasteiger partial charge in [-0.1, -0.05) is 48.5 Å².